The molecule has 1 amide bonds. The van der Waals surface area contributed by atoms with Crippen molar-refractivity contribution in [3.63, 3.8) is 0 Å². The highest BCUT2D eigenvalue weighted by molar-refractivity contribution is 6.30. The number of rotatable bonds is 4. The van der Waals surface area contributed by atoms with Crippen molar-refractivity contribution in [2.75, 3.05) is 13.6 Å². The highest BCUT2D eigenvalue weighted by atomic mass is 35.5. The zero-order chi connectivity index (χ0) is 16.4. The molecule has 1 saturated heterocycles. The number of nitrogens with zero attached hydrogens (tertiary/aromatic N) is 2. The first kappa shape index (κ1) is 16.0. The number of aromatic amines is 1. The van der Waals surface area contributed by atoms with Gasteiger partial charge in [-0.15, -0.1) is 0 Å². The van der Waals surface area contributed by atoms with Crippen molar-refractivity contribution >= 4 is 17.5 Å². The van der Waals surface area contributed by atoms with Gasteiger partial charge in [0.15, 0.2) is 0 Å². The summed E-state index contributed by atoms with van der Waals surface area (Å²) < 4.78 is 0. The average molecular weight is 333 g/mol. The minimum Gasteiger partial charge on any atom is -0.351 e. The molecule has 2 atom stereocenters. The number of likely N-dealkylation sites (N-methyl/N-ethyl adjacent to an activating group) is 1. The molecule has 23 heavy (non-hydrogen) atoms. The van der Waals surface area contributed by atoms with Gasteiger partial charge in [0.25, 0.3) is 0 Å². The van der Waals surface area contributed by atoms with Gasteiger partial charge in [-0.25, -0.2) is 0 Å². The Bertz CT molecular complexity index is 682. The lowest BCUT2D eigenvalue weighted by Crippen LogP contribution is -2.39. The molecular formula is C17H21ClN4O. The van der Waals surface area contributed by atoms with E-state index in [9.17, 15) is 4.79 Å². The molecule has 5 nitrogen and oxygen atoms in total. The number of aryl methyl sites for hydroxylation is 1. The van der Waals surface area contributed by atoms with Crippen LogP contribution in [0.15, 0.2) is 30.3 Å². The molecule has 122 valence electrons. The monoisotopic (exact) mass is 332 g/mol. The lowest BCUT2D eigenvalue weighted by Gasteiger charge is -2.26. The second-order valence-corrected chi connectivity index (χ2v) is 6.60. The molecule has 1 aliphatic heterocycles. The van der Waals surface area contributed by atoms with Gasteiger partial charge in [0.2, 0.25) is 5.91 Å². The number of likely N-dealkylation sites (tertiary alicyclic amines) is 1. The van der Waals surface area contributed by atoms with Crippen LogP contribution >= 0.6 is 11.6 Å². The van der Waals surface area contributed by atoms with E-state index < -0.39 is 0 Å². The van der Waals surface area contributed by atoms with Crippen molar-refractivity contribution in [1.82, 2.24) is 20.4 Å². The summed E-state index contributed by atoms with van der Waals surface area (Å²) in [5.41, 5.74) is 2.91. The number of benzene rings is 1. The maximum Gasteiger partial charge on any atom is 0.226 e. The van der Waals surface area contributed by atoms with E-state index in [-0.39, 0.29) is 18.0 Å². The lowest BCUT2D eigenvalue weighted by atomic mass is 10.00. The van der Waals surface area contributed by atoms with E-state index in [2.05, 4.69) is 27.5 Å². The van der Waals surface area contributed by atoms with E-state index in [1.165, 1.54) is 5.56 Å². The summed E-state index contributed by atoms with van der Waals surface area (Å²) in [5.74, 6) is 0.00997. The standard InChI is InChI=1S/C17H21ClN4O/c1-11-9-14(21-20-11)10-16(23)19-15-7-8-22(2)17(15)12-3-5-13(18)6-4-12/h3-6,9,15,17H,7-8,10H2,1-2H3,(H,19,23)(H,20,21)/t15-,17-/m0/s1. The summed E-state index contributed by atoms with van der Waals surface area (Å²) >= 11 is 5.97. The van der Waals surface area contributed by atoms with Crippen molar-refractivity contribution in [3.05, 3.63) is 52.3 Å². The molecule has 0 radical (unpaired) electrons. The number of hydrogen-bond acceptors (Lipinski definition) is 3. The fourth-order valence-corrected chi connectivity index (χ4v) is 3.36. The van der Waals surface area contributed by atoms with Crippen LogP contribution in [0, 0.1) is 6.92 Å². The first-order valence-electron chi connectivity index (χ1n) is 7.79. The Morgan fingerprint density at radius 1 is 1.43 bits per heavy atom. The van der Waals surface area contributed by atoms with Crippen LogP contribution in [0.5, 0.6) is 0 Å². The number of nitrogens with one attached hydrogen (secondary N) is 2. The third kappa shape index (κ3) is 3.74. The van der Waals surface area contributed by atoms with Gasteiger partial charge >= 0.3 is 0 Å². The Labute approximate surface area is 141 Å². The van der Waals surface area contributed by atoms with Crippen LogP contribution in [-0.2, 0) is 11.2 Å². The molecule has 0 aliphatic carbocycles. The third-order valence-electron chi connectivity index (χ3n) is 4.31. The number of aromatic nitrogens is 2. The van der Waals surface area contributed by atoms with Crippen LogP contribution < -0.4 is 5.32 Å². The summed E-state index contributed by atoms with van der Waals surface area (Å²) in [6.07, 6.45) is 1.24. The van der Waals surface area contributed by atoms with Crippen molar-refractivity contribution < 1.29 is 4.79 Å². The maximum atomic E-state index is 12.3. The number of amides is 1. The number of carbonyl (C=O) groups excluding carboxylic acids is 1. The van der Waals surface area contributed by atoms with E-state index >= 15 is 0 Å². The molecule has 1 aliphatic rings. The van der Waals surface area contributed by atoms with E-state index in [0.29, 0.717) is 6.42 Å². The molecule has 2 heterocycles. The zero-order valence-corrected chi connectivity index (χ0v) is 14.1. The molecule has 6 heteroatoms. The lowest BCUT2D eigenvalue weighted by molar-refractivity contribution is -0.121. The quantitative estimate of drug-likeness (QED) is 0.904. The van der Waals surface area contributed by atoms with Gasteiger partial charge in [0.05, 0.1) is 18.2 Å². The smallest absolute Gasteiger partial charge is 0.226 e. The minimum absolute atomic E-state index is 0.00997. The molecule has 0 spiro atoms. The summed E-state index contributed by atoms with van der Waals surface area (Å²) in [6.45, 7) is 2.89. The zero-order valence-electron chi connectivity index (χ0n) is 13.3. The van der Waals surface area contributed by atoms with Crippen LogP contribution in [0.1, 0.15) is 29.4 Å². The van der Waals surface area contributed by atoms with Gasteiger partial charge in [-0.2, -0.15) is 5.10 Å². The number of halogens is 1. The second-order valence-electron chi connectivity index (χ2n) is 6.16. The fourth-order valence-electron chi connectivity index (χ4n) is 3.23. The predicted molar refractivity (Wildman–Crippen MR) is 90.4 cm³/mol. The molecule has 3 rings (SSSR count). The summed E-state index contributed by atoms with van der Waals surface area (Å²) in [5, 5.41) is 10.9. The molecule has 0 unspecified atom stereocenters. The van der Waals surface area contributed by atoms with Crippen molar-refractivity contribution in [2.45, 2.75) is 31.8 Å². The Balaban J connectivity index is 1.68. The molecule has 2 N–H and O–H groups in total. The molecule has 1 fully saturated rings. The fraction of sp³-hybridized carbons (Fsp3) is 0.412. The first-order chi connectivity index (χ1) is 11.0. The third-order valence-corrected chi connectivity index (χ3v) is 4.56. The van der Waals surface area contributed by atoms with Gasteiger partial charge in [0.1, 0.15) is 0 Å². The summed E-state index contributed by atoms with van der Waals surface area (Å²) in [7, 11) is 2.09. The first-order valence-corrected chi connectivity index (χ1v) is 8.16. The van der Waals surface area contributed by atoms with E-state index in [1.807, 2.05) is 37.3 Å². The van der Waals surface area contributed by atoms with Crippen LogP contribution in [0.4, 0.5) is 0 Å². The molecule has 0 bridgehead atoms. The normalized spacial score (nSPS) is 21.5. The Morgan fingerprint density at radius 2 is 2.17 bits per heavy atom. The Hall–Kier alpha value is -1.85. The number of hydrogen-bond donors (Lipinski definition) is 2. The maximum absolute atomic E-state index is 12.3. The van der Waals surface area contributed by atoms with Crippen molar-refractivity contribution in [2.24, 2.45) is 0 Å². The largest absolute Gasteiger partial charge is 0.351 e. The van der Waals surface area contributed by atoms with Gasteiger partial charge < -0.3 is 5.32 Å². The van der Waals surface area contributed by atoms with Crippen molar-refractivity contribution in [3.8, 4) is 0 Å². The molecule has 2 aromatic rings. The predicted octanol–water partition coefficient (Wildman–Crippen LogP) is 2.48. The highest BCUT2D eigenvalue weighted by Crippen LogP contribution is 2.31. The van der Waals surface area contributed by atoms with E-state index in [1.54, 1.807) is 0 Å². The average Bonchev–Trinajstić information content (AvgIpc) is 3.06. The van der Waals surface area contributed by atoms with Crippen LogP contribution in [0.2, 0.25) is 5.02 Å². The van der Waals surface area contributed by atoms with Gasteiger partial charge in [0, 0.05) is 23.3 Å². The number of H-pyrrole nitrogens is 1. The molecule has 0 saturated carbocycles. The SMILES string of the molecule is Cc1cc(CC(=O)N[C@H]2CCN(C)[C@H]2c2ccc(Cl)cc2)n[nH]1. The highest BCUT2D eigenvalue weighted by Gasteiger charge is 2.33. The number of carbonyl (C=O) groups is 1. The Kier molecular flexibility index (Phi) is 4.68. The molecule has 1 aromatic carbocycles. The minimum atomic E-state index is 0.00997. The van der Waals surface area contributed by atoms with Crippen LogP contribution in [0.3, 0.4) is 0 Å². The summed E-state index contributed by atoms with van der Waals surface area (Å²) in [4.78, 5) is 14.6. The summed E-state index contributed by atoms with van der Waals surface area (Å²) in [6, 6.07) is 10.0. The van der Waals surface area contributed by atoms with Crippen molar-refractivity contribution in [1.29, 1.82) is 0 Å². The topological polar surface area (TPSA) is 61.0 Å². The molecular weight excluding hydrogens is 312 g/mol. The van der Waals surface area contributed by atoms with E-state index in [0.717, 1.165) is 29.4 Å². The van der Waals surface area contributed by atoms with Gasteiger partial charge in [-0.05, 0) is 44.2 Å². The Morgan fingerprint density at radius 3 is 2.83 bits per heavy atom. The van der Waals surface area contributed by atoms with Gasteiger partial charge in [-0.3, -0.25) is 14.8 Å². The van der Waals surface area contributed by atoms with E-state index in [4.69, 9.17) is 11.6 Å². The van der Waals surface area contributed by atoms with Gasteiger partial charge in [-0.1, -0.05) is 23.7 Å². The molecule has 1 aromatic heterocycles. The van der Waals surface area contributed by atoms with Crippen LogP contribution in [0.25, 0.3) is 0 Å². The van der Waals surface area contributed by atoms with Crippen LogP contribution in [-0.4, -0.2) is 40.6 Å². The second kappa shape index (κ2) is 6.72.